The number of aromatic nitrogens is 3. The number of rotatable bonds is 4. The molecule has 0 aliphatic carbocycles. The Bertz CT molecular complexity index is 467. The van der Waals surface area contributed by atoms with Gasteiger partial charge in [-0.1, -0.05) is 0 Å². The van der Waals surface area contributed by atoms with Crippen molar-refractivity contribution < 1.29 is 4.39 Å². The van der Waals surface area contributed by atoms with E-state index in [9.17, 15) is 4.39 Å². The first kappa shape index (κ1) is 10.8. The van der Waals surface area contributed by atoms with Gasteiger partial charge >= 0.3 is 0 Å². The van der Waals surface area contributed by atoms with Crippen LogP contribution in [0.15, 0.2) is 30.9 Å². The highest BCUT2D eigenvalue weighted by atomic mass is 19.1. The molecule has 0 saturated carbocycles. The third-order valence-electron chi connectivity index (χ3n) is 2.28. The first-order valence-electron chi connectivity index (χ1n) is 5.09. The van der Waals surface area contributed by atoms with Gasteiger partial charge in [0.1, 0.15) is 11.6 Å². The summed E-state index contributed by atoms with van der Waals surface area (Å²) in [6.45, 7) is 1.12. The number of halogens is 1. The molecule has 16 heavy (non-hydrogen) atoms. The molecule has 4 nitrogen and oxygen atoms in total. The zero-order valence-corrected chi connectivity index (χ0v) is 8.81. The Morgan fingerprint density at radius 2 is 2.25 bits per heavy atom. The van der Waals surface area contributed by atoms with Gasteiger partial charge in [-0.2, -0.15) is 0 Å². The average molecular weight is 220 g/mol. The quantitative estimate of drug-likeness (QED) is 0.835. The summed E-state index contributed by atoms with van der Waals surface area (Å²) in [5, 5.41) is 0. The summed E-state index contributed by atoms with van der Waals surface area (Å²) in [5.41, 5.74) is 6.30. The van der Waals surface area contributed by atoms with E-state index in [0.717, 1.165) is 17.8 Å². The highest BCUT2D eigenvalue weighted by Gasteiger charge is 2.03. The first-order valence-corrected chi connectivity index (χ1v) is 5.09. The van der Waals surface area contributed by atoms with E-state index in [1.165, 1.54) is 12.3 Å². The Hall–Kier alpha value is -1.75. The van der Waals surface area contributed by atoms with E-state index in [0.29, 0.717) is 13.1 Å². The predicted octanol–water partition coefficient (Wildman–Crippen LogP) is 0.967. The molecule has 0 saturated heterocycles. The molecule has 0 spiro atoms. The second-order valence-electron chi connectivity index (χ2n) is 3.52. The monoisotopic (exact) mass is 220 g/mol. The van der Waals surface area contributed by atoms with Crippen LogP contribution in [0.3, 0.4) is 0 Å². The summed E-state index contributed by atoms with van der Waals surface area (Å²) in [6.07, 6.45) is 7.14. The lowest BCUT2D eigenvalue weighted by atomic mass is 10.2. The Balaban J connectivity index is 2.17. The van der Waals surface area contributed by atoms with E-state index in [4.69, 9.17) is 5.73 Å². The van der Waals surface area contributed by atoms with Gasteiger partial charge in [-0.3, -0.25) is 4.98 Å². The van der Waals surface area contributed by atoms with Crippen LogP contribution in [0.2, 0.25) is 0 Å². The minimum Gasteiger partial charge on any atom is -0.330 e. The third-order valence-corrected chi connectivity index (χ3v) is 2.28. The molecule has 2 aromatic heterocycles. The minimum absolute atomic E-state index is 0.321. The van der Waals surface area contributed by atoms with Gasteiger partial charge in [-0.25, -0.2) is 9.37 Å². The van der Waals surface area contributed by atoms with Gasteiger partial charge < -0.3 is 10.3 Å². The van der Waals surface area contributed by atoms with Gasteiger partial charge in [0.2, 0.25) is 0 Å². The summed E-state index contributed by atoms with van der Waals surface area (Å²) in [6, 6.07) is 1.47. The highest BCUT2D eigenvalue weighted by molar-refractivity contribution is 5.12. The minimum atomic E-state index is -0.321. The van der Waals surface area contributed by atoms with Crippen LogP contribution in [0.4, 0.5) is 4.39 Å². The lowest BCUT2D eigenvalue weighted by Gasteiger charge is -2.06. The maximum Gasteiger partial charge on any atom is 0.141 e. The van der Waals surface area contributed by atoms with Gasteiger partial charge in [-0.05, 0) is 18.2 Å². The second kappa shape index (κ2) is 4.85. The standard InChI is InChI=1S/C11H13FN4/c12-10-5-9(6-14-7-10)8-16-4-3-15-11(16)1-2-13/h3-7H,1-2,8,13H2. The fraction of sp³-hybridized carbons (Fsp3) is 0.273. The average Bonchev–Trinajstić information content (AvgIpc) is 2.66. The van der Waals surface area contributed by atoms with E-state index >= 15 is 0 Å². The maximum atomic E-state index is 12.9. The summed E-state index contributed by atoms with van der Waals surface area (Å²) < 4.78 is 14.9. The van der Waals surface area contributed by atoms with Crippen LogP contribution in [0, 0.1) is 5.82 Å². The van der Waals surface area contributed by atoms with Gasteiger partial charge in [0.15, 0.2) is 0 Å². The summed E-state index contributed by atoms with van der Waals surface area (Å²) in [4.78, 5) is 8.00. The zero-order chi connectivity index (χ0) is 11.4. The molecule has 0 unspecified atom stereocenters. The first-order chi connectivity index (χ1) is 7.79. The molecule has 0 aliphatic rings. The number of nitrogens with zero attached hydrogens (tertiary/aromatic N) is 3. The summed E-state index contributed by atoms with van der Waals surface area (Å²) in [7, 11) is 0. The van der Waals surface area contributed by atoms with Crippen molar-refractivity contribution in [2.75, 3.05) is 6.54 Å². The highest BCUT2D eigenvalue weighted by Crippen LogP contribution is 2.06. The van der Waals surface area contributed by atoms with Crippen molar-refractivity contribution >= 4 is 0 Å². The summed E-state index contributed by atoms with van der Waals surface area (Å²) >= 11 is 0. The normalized spacial score (nSPS) is 10.6. The van der Waals surface area contributed by atoms with Gasteiger partial charge in [0.05, 0.1) is 12.7 Å². The Kier molecular flexibility index (Phi) is 3.26. The van der Waals surface area contributed by atoms with Crippen molar-refractivity contribution in [2.24, 2.45) is 5.73 Å². The third kappa shape index (κ3) is 2.43. The van der Waals surface area contributed by atoms with E-state index in [1.807, 2.05) is 10.8 Å². The lowest BCUT2D eigenvalue weighted by Crippen LogP contribution is -2.10. The molecular formula is C11H13FN4. The lowest BCUT2D eigenvalue weighted by molar-refractivity contribution is 0.614. The molecule has 2 N–H and O–H groups in total. The molecule has 0 aromatic carbocycles. The second-order valence-corrected chi connectivity index (χ2v) is 3.52. The van der Waals surface area contributed by atoms with Crippen LogP contribution in [0.25, 0.3) is 0 Å². The molecule has 0 atom stereocenters. The van der Waals surface area contributed by atoms with Gasteiger partial charge in [-0.15, -0.1) is 0 Å². The van der Waals surface area contributed by atoms with Crippen molar-refractivity contribution in [2.45, 2.75) is 13.0 Å². The Labute approximate surface area is 92.9 Å². The molecule has 84 valence electrons. The van der Waals surface area contributed by atoms with E-state index < -0.39 is 0 Å². The summed E-state index contributed by atoms with van der Waals surface area (Å²) in [5.74, 6) is 0.588. The largest absolute Gasteiger partial charge is 0.330 e. The molecule has 2 heterocycles. The maximum absolute atomic E-state index is 12.9. The van der Waals surface area contributed by atoms with Crippen LogP contribution < -0.4 is 5.73 Å². The molecule has 2 aromatic rings. The molecule has 5 heteroatoms. The molecule has 0 aliphatic heterocycles. The molecule has 0 bridgehead atoms. The number of hydrogen-bond donors (Lipinski definition) is 1. The van der Waals surface area contributed by atoms with Crippen LogP contribution in [-0.4, -0.2) is 21.1 Å². The number of imidazole rings is 1. The van der Waals surface area contributed by atoms with Crippen molar-refractivity contribution in [3.63, 3.8) is 0 Å². The van der Waals surface area contributed by atoms with E-state index in [-0.39, 0.29) is 5.82 Å². The van der Waals surface area contributed by atoms with Crippen molar-refractivity contribution in [1.29, 1.82) is 0 Å². The van der Waals surface area contributed by atoms with E-state index in [1.54, 1.807) is 12.4 Å². The van der Waals surface area contributed by atoms with Crippen LogP contribution >= 0.6 is 0 Å². The Morgan fingerprint density at radius 3 is 3.00 bits per heavy atom. The van der Waals surface area contributed by atoms with Crippen LogP contribution in [0.5, 0.6) is 0 Å². The van der Waals surface area contributed by atoms with E-state index in [2.05, 4.69) is 9.97 Å². The molecule has 0 amide bonds. The van der Waals surface area contributed by atoms with Crippen LogP contribution in [0.1, 0.15) is 11.4 Å². The van der Waals surface area contributed by atoms with Gasteiger partial charge in [0, 0.05) is 25.0 Å². The smallest absolute Gasteiger partial charge is 0.141 e. The zero-order valence-electron chi connectivity index (χ0n) is 8.81. The molecule has 0 radical (unpaired) electrons. The van der Waals surface area contributed by atoms with Crippen molar-refractivity contribution in [3.8, 4) is 0 Å². The number of pyridine rings is 1. The SMILES string of the molecule is NCCc1nccn1Cc1cncc(F)c1. The number of hydrogen-bond acceptors (Lipinski definition) is 3. The van der Waals surface area contributed by atoms with Crippen molar-refractivity contribution in [3.05, 3.63) is 48.1 Å². The fourth-order valence-corrected chi connectivity index (χ4v) is 1.58. The van der Waals surface area contributed by atoms with Crippen LogP contribution in [-0.2, 0) is 13.0 Å². The van der Waals surface area contributed by atoms with Crippen molar-refractivity contribution in [1.82, 2.24) is 14.5 Å². The molecule has 0 fully saturated rings. The topological polar surface area (TPSA) is 56.7 Å². The predicted molar refractivity (Wildman–Crippen MR) is 58.3 cm³/mol. The molecular weight excluding hydrogens is 207 g/mol. The Morgan fingerprint density at radius 1 is 1.38 bits per heavy atom. The van der Waals surface area contributed by atoms with Gasteiger partial charge in [0.25, 0.3) is 0 Å². The number of nitrogens with two attached hydrogens (primary N) is 1. The molecule has 2 rings (SSSR count). The fourth-order valence-electron chi connectivity index (χ4n) is 1.58.